The summed E-state index contributed by atoms with van der Waals surface area (Å²) < 4.78 is 8.91. The lowest BCUT2D eigenvalue weighted by atomic mass is 10.8. The zero-order valence-corrected chi connectivity index (χ0v) is 3.97. The highest BCUT2D eigenvalue weighted by atomic mass is 16.7. The standard InChI is InChI=1S/C4H8O2/c1-4(5-2)6-3/h1,4H,2-3H3. The fourth-order valence-corrected chi connectivity index (χ4v) is 0.0962. The second-order valence-corrected chi connectivity index (χ2v) is 0.840. The van der Waals surface area contributed by atoms with Crippen molar-refractivity contribution < 1.29 is 9.47 Å². The quantitative estimate of drug-likeness (QED) is 0.452. The van der Waals surface area contributed by atoms with E-state index in [9.17, 15) is 0 Å². The van der Waals surface area contributed by atoms with Crippen LogP contribution in [0, 0.1) is 6.92 Å². The van der Waals surface area contributed by atoms with Crippen molar-refractivity contribution in [3.8, 4) is 0 Å². The van der Waals surface area contributed by atoms with Gasteiger partial charge in [-0.3, -0.25) is 0 Å². The highest BCUT2D eigenvalue weighted by Crippen LogP contribution is 1.82. The van der Waals surface area contributed by atoms with Gasteiger partial charge in [0.05, 0.1) is 0 Å². The van der Waals surface area contributed by atoms with E-state index in [4.69, 9.17) is 6.92 Å². The molecule has 0 unspecified atom stereocenters. The lowest BCUT2D eigenvalue weighted by molar-refractivity contribution is -0.0688. The topological polar surface area (TPSA) is 18.5 Å². The van der Waals surface area contributed by atoms with Gasteiger partial charge in [0.2, 0.25) is 0 Å². The molecule has 0 amide bonds. The van der Waals surface area contributed by atoms with Crippen LogP contribution in [0.15, 0.2) is 0 Å². The highest BCUT2D eigenvalue weighted by molar-refractivity contribution is 4.37. The molecule has 36 valence electrons. The number of hydrogen-bond acceptors (Lipinski definition) is 2. The smallest absolute Gasteiger partial charge is 0.160 e. The molecule has 0 saturated carbocycles. The SMILES string of the molecule is [CH]C(OC)OC. The number of hydrogen-bond donors (Lipinski definition) is 0. The van der Waals surface area contributed by atoms with Crippen LogP contribution in [0.2, 0.25) is 0 Å². The Balaban J connectivity index is 2.75. The van der Waals surface area contributed by atoms with Crippen LogP contribution in [-0.4, -0.2) is 20.5 Å². The van der Waals surface area contributed by atoms with Gasteiger partial charge in [-0.2, -0.15) is 0 Å². The first-order chi connectivity index (χ1) is 2.81. The lowest BCUT2D eigenvalue weighted by Gasteiger charge is -2.02. The van der Waals surface area contributed by atoms with Crippen LogP contribution in [-0.2, 0) is 9.47 Å². The minimum absolute atomic E-state index is 0.565. The first-order valence-electron chi connectivity index (χ1n) is 1.62. The van der Waals surface area contributed by atoms with Gasteiger partial charge in [-0.1, -0.05) is 0 Å². The maximum Gasteiger partial charge on any atom is 0.160 e. The van der Waals surface area contributed by atoms with E-state index in [0.29, 0.717) is 0 Å². The van der Waals surface area contributed by atoms with Crippen molar-refractivity contribution in [3.63, 3.8) is 0 Å². The van der Waals surface area contributed by atoms with Gasteiger partial charge >= 0.3 is 0 Å². The van der Waals surface area contributed by atoms with Crippen LogP contribution in [0.4, 0.5) is 0 Å². The van der Waals surface area contributed by atoms with Gasteiger partial charge in [-0.15, -0.1) is 0 Å². The molecule has 0 aromatic carbocycles. The Kier molecular flexibility index (Phi) is 3.08. The van der Waals surface area contributed by atoms with E-state index in [1.807, 2.05) is 0 Å². The van der Waals surface area contributed by atoms with Crippen molar-refractivity contribution in [1.29, 1.82) is 0 Å². The molecule has 2 radical (unpaired) electrons. The summed E-state index contributed by atoms with van der Waals surface area (Å²) in [5.74, 6) is 0. The molecule has 2 heteroatoms. The molecule has 0 aliphatic rings. The maximum atomic E-state index is 5.03. The summed E-state index contributed by atoms with van der Waals surface area (Å²) in [7, 11) is 2.96. The van der Waals surface area contributed by atoms with Crippen LogP contribution in [0.25, 0.3) is 0 Å². The summed E-state index contributed by atoms with van der Waals surface area (Å²) >= 11 is 0. The first kappa shape index (κ1) is 5.92. The average Bonchev–Trinajstić information content (AvgIpc) is 1.65. The Bertz CT molecular complexity index is 24.7. The molecule has 0 N–H and O–H groups in total. The fraction of sp³-hybridized carbons (Fsp3) is 0.750. The van der Waals surface area contributed by atoms with Crippen molar-refractivity contribution in [1.82, 2.24) is 0 Å². The van der Waals surface area contributed by atoms with Gasteiger partial charge in [0, 0.05) is 21.1 Å². The number of rotatable bonds is 2. The van der Waals surface area contributed by atoms with Gasteiger partial charge < -0.3 is 9.47 Å². The molecule has 0 saturated heterocycles. The summed E-state index contributed by atoms with van der Waals surface area (Å²) in [5.41, 5.74) is 0. The van der Waals surface area contributed by atoms with Gasteiger partial charge in [0.25, 0.3) is 0 Å². The molecule has 0 aliphatic carbocycles. The third-order valence-electron chi connectivity index (χ3n) is 0.465. The van der Waals surface area contributed by atoms with Crippen LogP contribution in [0.5, 0.6) is 0 Å². The van der Waals surface area contributed by atoms with Gasteiger partial charge in [0.15, 0.2) is 6.29 Å². The predicted octanol–water partition coefficient (Wildman–Crippen LogP) is 0.316. The van der Waals surface area contributed by atoms with Crippen LogP contribution >= 0.6 is 0 Å². The molecular formula is C4H8O2. The van der Waals surface area contributed by atoms with Gasteiger partial charge in [-0.25, -0.2) is 0 Å². The normalized spacial score (nSPS) is 10.0. The van der Waals surface area contributed by atoms with Crippen molar-refractivity contribution in [2.45, 2.75) is 6.29 Å². The molecule has 0 atom stereocenters. The van der Waals surface area contributed by atoms with Crippen molar-refractivity contribution in [3.05, 3.63) is 6.92 Å². The number of ether oxygens (including phenoxy) is 2. The monoisotopic (exact) mass is 88.1 g/mol. The minimum Gasteiger partial charge on any atom is -0.356 e. The molecule has 0 rings (SSSR count). The average molecular weight is 88.1 g/mol. The van der Waals surface area contributed by atoms with E-state index in [1.165, 1.54) is 14.2 Å². The Morgan fingerprint density at radius 1 is 1.33 bits per heavy atom. The summed E-state index contributed by atoms with van der Waals surface area (Å²) in [6.45, 7) is 5.03. The fourth-order valence-electron chi connectivity index (χ4n) is 0.0962. The molecule has 6 heavy (non-hydrogen) atoms. The zero-order valence-electron chi connectivity index (χ0n) is 3.97. The summed E-state index contributed by atoms with van der Waals surface area (Å²) in [4.78, 5) is 0. The van der Waals surface area contributed by atoms with Crippen molar-refractivity contribution in [2.75, 3.05) is 14.2 Å². The molecule has 0 heterocycles. The molecule has 2 nitrogen and oxygen atoms in total. The minimum atomic E-state index is -0.565. The second kappa shape index (κ2) is 3.12. The van der Waals surface area contributed by atoms with E-state index in [1.54, 1.807) is 0 Å². The van der Waals surface area contributed by atoms with E-state index >= 15 is 0 Å². The van der Waals surface area contributed by atoms with Crippen LogP contribution in [0.3, 0.4) is 0 Å². The van der Waals surface area contributed by atoms with Gasteiger partial charge in [0.1, 0.15) is 0 Å². The lowest BCUT2D eigenvalue weighted by Crippen LogP contribution is -2.05. The summed E-state index contributed by atoms with van der Waals surface area (Å²) in [6, 6.07) is 0. The molecule has 0 bridgehead atoms. The van der Waals surface area contributed by atoms with Crippen LogP contribution in [0.1, 0.15) is 0 Å². The Hall–Kier alpha value is -0.0800. The second-order valence-electron chi connectivity index (χ2n) is 0.840. The largest absolute Gasteiger partial charge is 0.356 e. The molecule has 0 fully saturated rings. The van der Waals surface area contributed by atoms with Crippen LogP contribution < -0.4 is 0 Å². The Morgan fingerprint density at radius 2 is 1.67 bits per heavy atom. The Morgan fingerprint density at radius 3 is 1.67 bits per heavy atom. The number of methoxy groups -OCH3 is 2. The van der Waals surface area contributed by atoms with Crippen molar-refractivity contribution >= 4 is 0 Å². The predicted molar refractivity (Wildman–Crippen MR) is 22.1 cm³/mol. The highest BCUT2D eigenvalue weighted by Gasteiger charge is 1.88. The third kappa shape index (κ3) is 2.18. The molecule has 0 aliphatic heterocycles. The molecule has 0 aromatic rings. The van der Waals surface area contributed by atoms with Gasteiger partial charge in [-0.05, 0) is 0 Å². The van der Waals surface area contributed by atoms with E-state index in [2.05, 4.69) is 9.47 Å². The van der Waals surface area contributed by atoms with E-state index < -0.39 is 6.29 Å². The summed E-state index contributed by atoms with van der Waals surface area (Å²) in [5, 5.41) is 0. The molecule has 0 aromatic heterocycles. The van der Waals surface area contributed by atoms with Crippen molar-refractivity contribution in [2.24, 2.45) is 0 Å². The summed E-state index contributed by atoms with van der Waals surface area (Å²) in [6.07, 6.45) is -0.565. The zero-order chi connectivity index (χ0) is 4.99. The molecule has 0 spiro atoms. The third-order valence-corrected chi connectivity index (χ3v) is 0.465. The van der Waals surface area contributed by atoms with E-state index in [-0.39, 0.29) is 0 Å². The maximum absolute atomic E-state index is 5.03. The first-order valence-corrected chi connectivity index (χ1v) is 1.62. The Labute approximate surface area is 38.1 Å². The molecular weight excluding hydrogens is 80.0 g/mol. The van der Waals surface area contributed by atoms with E-state index in [0.717, 1.165) is 0 Å².